The molecule has 1 fully saturated rings. The zero-order valence-electron chi connectivity index (χ0n) is 14.3. The van der Waals surface area contributed by atoms with Crippen molar-refractivity contribution in [3.8, 4) is 0 Å². The molecule has 1 aliphatic heterocycles. The SMILES string of the molecule is Cn1ccc2c(NC(=O)C3CC(=O)N(c4ccc(Cl)cc4)C3)cccc21. The number of amides is 2. The molecule has 0 radical (unpaired) electrons. The summed E-state index contributed by atoms with van der Waals surface area (Å²) in [6.45, 7) is 0.372. The number of carbonyl (C=O) groups is 2. The summed E-state index contributed by atoms with van der Waals surface area (Å²) < 4.78 is 2.01. The van der Waals surface area contributed by atoms with Crippen molar-refractivity contribution in [2.75, 3.05) is 16.8 Å². The van der Waals surface area contributed by atoms with Crippen molar-refractivity contribution in [3.05, 3.63) is 59.8 Å². The predicted molar refractivity (Wildman–Crippen MR) is 103 cm³/mol. The zero-order valence-corrected chi connectivity index (χ0v) is 15.0. The average Bonchev–Trinajstić information content (AvgIpc) is 3.20. The normalized spacial score (nSPS) is 17.1. The lowest BCUT2D eigenvalue weighted by Gasteiger charge is -2.17. The van der Waals surface area contributed by atoms with Gasteiger partial charge in [0.05, 0.1) is 11.6 Å². The van der Waals surface area contributed by atoms with E-state index in [1.165, 1.54) is 0 Å². The molecule has 1 saturated heterocycles. The van der Waals surface area contributed by atoms with E-state index < -0.39 is 0 Å². The summed E-state index contributed by atoms with van der Waals surface area (Å²) in [5.41, 5.74) is 2.58. The molecule has 3 aromatic rings. The number of nitrogens with one attached hydrogen (secondary N) is 1. The number of aromatic nitrogens is 1. The third-order valence-corrected chi connectivity index (χ3v) is 5.07. The second-order valence-electron chi connectivity index (χ2n) is 6.54. The van der Waals surface area contributed by atoms with Crippen LogP contribution in [0.3, 0.4) is 0 Å². The second kappa shape index (κ2) is 6.50. The van der Waals surface area contributed by atoms with E-state index in [1.54, 1.807) is 29.2 Å². The molecule has 2 heterocycles. The smallest absolute Gasteiger partial charge is 0.229 e. The maximum atomic E-state index is 12.7. The molecule has 1 N–H and O–H groups in total. The largest absolute Gasteiger partial charge is 0.350 e. The van der Waals surface area contributed by atoms with Crippen LogP contribution in [0.5, 0.6) is 0 Å². The van der Waals surface area contributed by atoms with Crippen molar-refractivity contribution >= 4 is 45.7 Å². The van der Waals surface area contributed by atoms with Crippen molar-refractivity contribution in [3.63, 3.8) is 0 Å². The molecule has 132 valence electrons. The Morgan fingerprint density at radius 1 is 1.15 bits per heavy atom. The highest BCUT2D eigenvalue weighted by Gasteiger charge is 2.35. The number of hydrogen-bond donors (Lipinski definition) is 1. The van der Waals surface area contributed by atoms with E-state index in [2.05, 4.69) is 5.32 Å². The molecule has 1 atom stereocenters. The minimum Gasteiger partial charge on any atom is -0.350 e. The predicted octanol–water partition coefficient (Wildman–Crippen LogP) is 3.82. The minimum absolute atomic E-state index is 0.0506. The van der Waals surface area contributed by atoms with Crippen LogP contribution >= 0.6 is 11.6 Å². The van der Waals surface area contributed by atoms with Crippen molar-refractivity contribution in [1.82, 2.24) is 4.57 Å². The highest BCUT2D eigenvalue weighted by Crippen LogP contribution is 2.29. The molecule has 1 aliphatic rings. The molecule has 5 nitrogen and oxygen atoms in total. The van der Waals surface area contributed by atoms with Gasteiger partial charge >= 0.3 is 0 Å². The maximum Gasteiger partial charge on any atom is 0.229 e. The van der Waals surface area contributed by atoms with Crippen molar-refractivity contribution < 1.29 is 9.59 Å². The van der Waals surface area contributed by atoms with Gasteiger partial charge in [0.25, 0.3) is 0 Å². The number of rotatable bonds is 3. The molecule has 1 aromatic heterocycles. The Morgan fingerprint density at radius 2 is 1.92 bits per heavy atom. The molecule has 2 aromatic carbocycles. The highest BCUT2D eigenvalue weighted by atomic mass is 35.5. The van der Waals surface area contributed by atoms with Gasteiger partial charge in [-0.25, -0.2) is 0 Å². The quantitative estimate of drug-likeness (QED) is 0.765. The van der Waals surface area contributed by atoms with Gasteiger partial charge in [-0.2, -0.15) is 0 Å². The first-order chi connectivity index (χ1) is 12.5. The summed E-state index contributed by atoms with van der Waals surface area (Å²) in [7, 11) is 1.97. The van der Waals surface area contributed by atoms with Gasteiger partial charge in [-0.05, 0) is 42.5 Å². The Kier molecular flexibility index (Phi) is 4.17. The number of carbonyl (C=O) groups excluding carboxylic acids is 2. The molecule has 0 spiro atoms. The van der Waals surface area contributed by atoms with Crippen LogP contribution in [-0.4, -0.2) is 22.9 Å². The Balaban J connectivity index is 1.52. The van der Waals surface area contributed by atoms with Gasteiger partial charge in [0, 0.05) is 47.8 Å². The Labute approximate surface area is 156 Å². The monoisotopic (exact) mass is 367 g/mol. The molecule has 0 aliphatic carbocycles. The number of benzene rings is 2. The van der Waals surface area contributed by atoms with Gasteiger partial charge in [0.1, 0.15) is 0 Å². The topological polar surface area (TPSA) is 54.3 Å². The Morgan fingerprint density at radius 3 is 2.69 bits per heavy atom. The standard InChI is InChI=1S/C20H18ClN3O2/c1-23-10-9-16-17(3-2-4-18(16)23)22-20(26)13-11-19(25)24(12-13)15-7-5-14(21)6-8-15/h2-10,13H,11-12H2,1H3,(H,22,26). The summed E-state index contributed by atoms with van der Waals surface area (Å²) in [4.78, 5) is 26.7. The van der Waals surface area contributed by atoms with Gasteiger partial charge in [-0.3, -0.25) is 9.59 Å². The number of aryl methyl sites for hydroxylation is 1. The first kappa shape index (κ1) is 16.7. The Hall–Kier alpha value is -2.79. The summed E-state index contributed by atoms with van der Waals surface area (Å²) >= 11 is 5.90. The van der Waals surface area contributed by atoms with Gasteiger partial charge in [0.15, 0.2) is 0 Å². The lowest BCUT2D eigenvalue weighted by atomic mass is 10.1. The van der Waals surface area contributed by atoms with Crippen molar-refractivity contribution in [1.29, 1.82) is 0 Å². The number of fused-ring (bicyclic) bond motifs is 1. The number of nitrogens with zero attached hydrogens (tertiary/aromatic N) is 2. The van der Waals surface area contributed by atoms with E-state index in [-0.39, 0.29) is 24.2 Å². The Bertz CT molecular complexity index is 994. The zero-order chi connectivity index (χ0) is 18.3. The third-order valence-electron chi connectivity index (χ3n) is 4.82. The van der Waals surface area contributed by atoms with Crippen LogP contribution in [0.2, 0.25) is 5.02 Å². The minimum atomic E-state index is -0.378. The fourth-order valence-electron chi connectivity index (χ4n) is 3.40. The van der Waals surface area contributed by atoms with Gasteiger partial charge in [0.2, 0.25) is 11.8 Å². The summed E-state index contributed by atoms with van der Waals surface area (Å²) in [6.07, 6.45) is 2.17. The van der Waals surface area contributed by atoms with Crippen LogP contribution in [0, 0.1) is 5.92 Å². The van der Waals surface area contributed by atoms with E-state index in [0.29, 0.717) is 11.6 Å². The number of hydrogen-bond acceptors (Lipinski definition) is 2. The van der Waals surface area contributed by atoms with Crippen molar-refractivity contribution in [2.45, 2.75) is 6.42 Å². The highest BCUT2D eigenvalue weighted by molar-refractivity contribution is 6.30. The fraction of sp³-hybridized carbons (Fsp3) is 0.200. The number of halogens is 1. The maximum absolute atomic E-state index is 12.7. The second-order valence-corrected chi connectivity index (χ2v) is 6.97. The van der Waals surface area contributed by atoms with E-state index >= 15 is 0 Å². The molecular formula is C20H18ClN3O2. The summed E-state index contributed by atoms with van der Waals surface area (Å²) in [5, 5.41) is 4.59. The lowest BCUT2D eigenvalue weighted by molar-refractivity contribution is -0.122. The average molecular weight is 368 g/mol. The van der Waals surface area contributed by atoms with E-state index in [0.717, 1.165) is 22.3 Å². The molecule has 0 saturated carbocycles. The van der Waals surface area contributed by atoms with Crippen LogP contribution < -0.4 is 10.2 Å². The third kappa shape index (κ3) is 2.95. The molecule has 0 bridgehead atoms. The fourth-order valence-corrected chi connectivity index (χ4v) is 3.53. The van der Waals surface area contributed by atoms with E-state index in [4.69, 9.17) is 11.6 Å². The van der Waals surface area contributed by atoms with Crippen LogP contribution in [0.25, 0.3) is 10.9 Å². The molecular weight excluding hydrogens is 350 g/mol. The molecule has 26 heavy (non-hydrogen) atoms. The van der Waals surface area contributed by atoms with Crippen LogP contribution in [0.4, 0.5) is 11.4 Å². The van der Waals surface area contributed by atoms with Gasteiger partial charge in [-0.1, -0.05) is 17.7 Å². The van der Waals surface area contributed by atoms with Crippen molar-refractivity contribution in [2.24, 2.45) is 13.0 Å². The molecule has 4 rings (SSSR count). The van der Waals surface area contributed by atoms with Crippen LogP contribution in [0.1, 0.15) is 6.42 Å². The molecule has 6 heteroatoms. The molecule has 1 unspecified atom stereocenters. The van der Waals surface area contributed by atoms with E-state index in [1.807, 2.05) is 42.1 Å². The first-order valence-corrected chi connectivity index (χ1v) is 8.81. The van der Waals surface area contributed by atoms with Crippen LogP contribution in [0.15, 0.2) is 54.7 Å². The van der Waals surface area contributed by atoms with Gasteiger partial charge < -0.3 is 14.8 Å². The summed E-state index contributed by atoms with van der Waals surface area (Å²) in [5.74, 6) is -0.561. The number of anilines is 2. The summed E-state index contributed by atoms with van der Waals surface area (Å²) in [6, 6.07) is 14.9. The molecule has 2 amide bonds. The van der Waals surface area contributed by atoms with E-state index in [9.17, 15) is 9.59 Å². The first-order valence-electron chi connectivity index (χ1n) is 8.44. The van der Waals surface area contributed by atoms with Gasteiger partial charge in [-0.15, -0.1) is 0 Å². The van der Waals surface area contributed by atoms with Crippen LogP contribution in [-0.2, 0) is 16.6 Å². The lowest BCUT2D eigenvalue weighted by Crippen LogP contribution is -2.28.